The van der Waals surface area contributed by atoms with Gasteiger partial charge in [0.2, 0.25) is 0 Å². The molecule has 0 spiro atoms. The van der Waals surface area contributed by atoms with E-state index in [1.165, 1.54) is 7.11 Å². The van der Waals surface area contributed by atoms with Crippen LogP contribution in [0.4, 0.5) is 0 Å². The molecule has 0 saturated heterocycles. The van der Waals surface area contributed by atoms with E-state index < -0.39 is 0 Å². The molecule has 1 aliphatic carbocycles. The minimum atomic E-state index is -0.376. The first kappa shape index (κ1) is 19.9. The predicted octanol–water partition coefficient (Wildman–Crippen LogP) is 4.31. The number of hydrogen-bond donors (Lipinski definition) is 0. The number of carbonyl (C=O) groups excluding carboxylic acids is 2. The van der Waals surface area contributed by atoms with Gasteiger partial charge in [-0.25, -0.2) is 4.79 Å². The molecule has 3 rings (SSSR count). The summed E-state index contributed by atoms with van der Waals surface area (Å²) >= 11 is 0. The smallest absolute Gasteiger partial charge is 0.333 e. The van der Waals surface area contributed by atoms with E-state index in [0.29, 0.717) is 12.0 Å². The molecule has 0 N–H and O–H groups in total. The lowest BCUT2D eigenvalue weighted by molar-refractivity contribution is -0.147. The summed E-state index contributed by atoms with van der Waals surface area (Å²) in [7, 11) is 1.35. The summed E-state index contributed by atoms with van der Waals surface area (Å²) in [5, 5.41) is 0. The topological polar surface area (TPSA) is 65.7 Å². The number of rotatable bonds is 7. The van der Waals surface area contributed by atoms with Crippen molar-refractivity contribution in [3.05, 3.63) is 71.2 Å². The van der Waals surface area contributed by atoms with Gasteiger partial charge >= 0.3 is 11.9 Å². The Morgan fingerprint density at radius 1 is 1.18 bits per heavy atom. The Hall–Kier alpha value is -2.82. The van der Waals surface area contributed by atoms with Gasteiger partial charge in [0.15, 0.2) is 0 Å². The maximum absolute atomic E-state index is 12.5. The molecule has 0 radical (unpaired) electrons. The zero-order valence-corrected chi connectivity index (χ0v) is 16.7. The number of ether oxygens (including phenoxy) is 2. The van der Waals surface area contributed by atoms with Gasteiger partial charge in [0, 0.05) is 17.6 Å². The molecule has 1 aromatic heterocycles. The van der Waals surface area contributed by atoms with E-state index in [2.05, 4.69) is 0 Å². The fraction of sp³-hybridized carbons (Fsp3) is 0.391. The molecule has 1 saturated carbocycles. The van der Waals surface area contributed by atoms with Crippen molar-refractivity contribution < 1.29 is 23.5 Å². The lowest BCUT2D eigenvalue weighted by Gasteiger charge is -2.03. The van der Waals surface area contributed by atoms with Gasteiger partial charge in [-0.05, 0) is 29.9 Å². The summed E-state index contributed by atoms with van der Waals surface area (Å²) in [5.41, 5.74) is 2.27. The summed E-state index contributed by atoms with van der Waals surface area (Å²) in [4.78, 5) is 24.1. The molecular weight excluding hydrogens is 356 g/mol. The van der Waals surface area contributed by atoms with Crippen LogP contribution in [0, 0.1) is 17.3 Å². The highest BCUT2D eigenvalue weighted by Gasteiger charge is 2.61. The van der Waals surface area contributed by atoms with Crippen LogP contribution in [0.25, 0.3) is 0 Å². The molecule has 1 aromatic carbocycles. The van der Waals surface area contributed by atoms with Crippen LogP contribution in [-0.4, -0.2) is 19.0 Å². The molecule has 2 aromatic rings. The zero-order chi connectivity index (χ0) is 20.3. The molecule has 0 aliphatic heterocycles. The highest BCUT2D eigenvalue weighted by Crippen LogP contribution is 2.59. The van der Waals surface area contributed by atoms with Gasteiger partial charge in [-0.2, -0.15) is 0 Å². The number of benzene rings is 1. The molecule has 0 bridgehead atoms. The third-order valence-corrected chi connectivity index (χ3v) is 5.41. The number of methoxy groups -OCH3 is 1. The van der Waals surface area contributed by atoms with Crippen LogP contribution in [0.3, 0.4) is 0 Å². The Balaban J connectivity index is 1.55. The van der Waals surface area contributed by atoms with Crippen molar-refractivity contribution in [2.45, 2.75) is 33.8 Å². The summed E-state index contributed by atoms with van der Waals surface area (Å²) < 4.78 is 15.8. The average Bonchev–Trinajstić information content (AvgIpc) is 3.00. The number of furan rings is 1. The molecule has 2 atom stereocenters. The van der Waals surface area contributed by atoms with E-state index in [4.69, 9.17) is 13.9 Å². The molecule has 5 nitrogen and oxygen atoms in total. The molecule has 0 amide bonds. The van der Waals surface area contributed by atoms with E-state index in [-0.39, 0.29) is 35.8 Å². The van der Waals surface area contributed by atoms with Gasteiger partial charge in [-0.3, -0.25) is 4.79 Å². The zero-order valence-electron chi connectivity index (χ0n) is 16.7. The molecular formula is C23H26O5. The minimum Gasteiger partial charge on any atom is -0.469 e. The third kappa shape index (κ3) is 4.35. The lowest BCUT2D eigenvalue weighted by Crippen LogP contribution is -2.10. The van der Waals surface area contributed by atoms with Crippen LogP contribution in [0.2, 0.25) is 0 Å². The second-order valence-corrected chi connectivity index (χ2v) is 7.86. The first-order valence-corrected chi connectivity index (χ1v) is 9.36. The quantitative estimate of drug-likeness (QED) is 0.527. The fourth-order valence-electron chi connectivity index (χ4n) is 3.57. The van der Waals surface area contributed by atoms with Crippen molar-refractivity contribution in [1.29, 1.82) is 0 Å². The first-order valence-electron chi connectivity index (χ1n) is 9.36. The largest absolute Gasteiger partial charge is 0.469 e. The van der Waals surface area contributed by atoms with Gasteiger partial charge in [0.25, 0.3) is 0 Å². The van der Waals surface area contributed by atoms with Gasteiger partial charge in [0.1, 0.15) is 12.4 Å². The van der Waals surface area contributed by atoms with E-state index in [1.807, 2.05) is 56.3 Å². The SMILES string of the molecule is COC(=O)C(C)=CC1C(C(=O)OCc2coc(Cc3ccccc3)c2)C1(C)C. The van der Waals surface area contributed by atoms with Crippen molar-refractivity contribution in [3.63, 3.8) is 0 Å². The lowest BCUT2D eigenvalue weighted by atomic mass is 10.1. The summed E-state index contributed by atoms with van der Waals surface area (Å²) in [6, 6.07) is 12.0. The second-order valence-electron chi connectivity index (χ2n) is 7.86. The van der Waals surface area contributed by atoms with Gasteiger partial charge in [0.05, 0.1) is 19.3 Å². The maximum atomic E-state index is 12.5. The van der Waals surface area contributed by atoms with Crippen LogP contribution in [0.15, 0.2) is 58.7 Å². The van der Waals surface area contributed by atoms with Crippen molar-refractivity contribution >= 4 is 11.9 Å². The standard InChI is InChI=1S/C23H26O5/c1-15(21(24)26-4)10-19-20(23(19,2)3)22(25)28-14-17-12-18(27-13-17)11-16-8-6-5-7-9-16/h5-10,12-13,19-20H,11,14H2,1-4H3. The highest BCUT2D eigenvalue weighted by atomic mass is 16.5. The van der Waals surface area contributed by atoms with Crippen molar-refractivity contribution in [2.24, 2.45) is 17.3 Å². The van der Waals surface area contributed by atoms with E-state index in [1.54, 1.807) is 13.2 Å². The van der Waals surface area contributed by atoms with E-state index in [0.717, 1.165) is 16.9 Å². The Labute approximate surface area is 165 Å². The Morgan fingerprint density at radius 2 is 1.89 bits per heavy atom. The number of hydrogen-bond acceptors (Lipinski definition) is 5. The Kier molecular flexibility index (Phi) is 5.73. The second kappa shape index (κ2) is 8.05. The molecule has 5 heteroatoms. The van der Waals surface area contributed by atoms with Crippen LogP contribution in [0.5, 0.6) is 0 Å². The van der Waals surface area contributed by atoms with Crippen LogP contribution < -0.4 is 0 Å². The van der Waals surface area contributed by atoms with Crippen molar-refractivity contribution in [3.8, 4) is 0 Å². The fourth-order valence-corrected chi connectivity index (χ4v) is 3.57. The summed E-state index contributed by atoms with van der Waals surface area (Å²) in [5.74, 6) is -0.0905. The monoisotopic (exact) mass is 382 g/mol. The van der Waals surface area contributed by atoms with E-state index >= 15 is 0 Å². The molecule has 2 unspecified atom stereocenters. The van der Waals surface area contributed by atoms with E-state index in [9.17, 15) is 9.59 Å². The first-order chi connectivity index (χ1) is 13.3. The maximum Gasteiger partial charge on any atom is 0.333 e. The Morgan fingerprint density at radius 3 is 2.57 bits per heavy atom. The molecule has 28 heavy (non-hydrogen) atoms. The molecule has 148 valence electrons. The molecule has 1 aliphatic rings. The molecule has 1 heterocycles. The average molecular weight is 382 g/mol. The van der Waals surface area contributed by atoms with Gasteiger partial charge < -0.3 is 13.9 Å². The normalized spacial score (nSPS) is 20.5. The van der Waals surface area contributed by atoms with Crippen molar-refractivity contribution in [2.75, 3.05) is 7.11 Å². The number of esters is 2. The highest BCUT2D eigenvalue weighted by molar-refractivity contribution is 5.88. The van der Waals surface area contributed by atoms with Crippen LogP contribution in [-0.2, 0) is 32.1 Å². The van der Waals surface area contributed by atoms with Crippen LogP contribution >= 0.6 is 0 Å². The minimum absolute atomic E-state index is 0.0305. The summed E-state index contributed by atoms with van der Waals surface area (Å²) in [6.45, 7) is 5.87. The third-order valence-electron chi connectivity index (χ3n) is 5.41. The van der Waals surface area contributed by atoms with Gasteiger partial charge in [-0.1, -0.05) is 50.3 Å². The van der Waals surface area contributed by atoms with Crippen LogP contribution in [0.1, 0.15) is 37.7 Å². The van der Waals surface area contributed by atoms with Gasteiger partial charge in [-0.15, -0.1) is 0 Å². The predicted molar refractivity (Wildman–Crippen MR) is 104 cm³/mol. The van der Waals surface area contributed by atoms with Crippen molar-refractivity contribution in [1.82, 2.24) is 0 Å². The Bertz CT molecular complexity index is 875. The number of allylic oxidation sites excluding steroid dienone is 1. The number of carbonyl (C=O) groups is 2. The summed E-state index contributed by atoms with van der Waals surface area (Å²) in [6.07, 6.45) is 4.14. The molecule has 1 fully saturated rings.